The van der Waals surface area contributed by atoms with Gasteiger partial charge in [0.15, 0.2) is 5.88 Å². The number of hydrogen-bond acceptors (Lipinski definition) is 4. The number of carbonyl (C=O) groups excluding carboxylic acids is 1. The molecular weight excluding hydrogens is 411 g/mol. The Kier molecular flexibility index (Phi) is 5.48. The van der Waals surface area contributed by atoms with Crippen LogP contribution < -0.4 is 5.32 Å². The predicted octanol–water partition coefficient (Wildman–Crippen LogP) is 3.09. The molecule has 2 aliphatic rings. The van der Waals surface area contributed by atoms with Gasteiger partial charge in [-0.05, 0) is 43.5 Å². The second-order valence-corrected chi connectivity index (χ2v) is 8.38. The Morgan fingerprint density at radius 3 is 2.91 bits per heavy atom. The van der Waals surface area contributed by atoms with Gasteiger partial charge in [-0.2, -0.15) is 0 Å². The molecule has 8 heteroatoms. The minimum absolute atomic E-state index is 0.00605. The molecule has 5 rings (SSSR count). The van der Waals surface area contributed by atoms with Gasteiger partial charge in [-0.15, -0.1) is 0 Å². The van der Waals surface area contributed by atoms with E-state index < -0.39 is 0 Å². The zero-order chi connectivity index (χ0) is 22.2. The fourth-order valence-electron chi connectivity index (χ4n) is 4.82. The summed E-state index contributed by atoms with van der Waals surface area (Å²) in [5.41, 5.74) is 5.21. The highest BCUT2D eigenvalue weighted by Crippen LogP contribution is 2.41. The number of aromatic nitrogens is 2. The number of aromatic hydroxyl groups is 1. The van der Waals surface area contributed by atoms with E-state index >= 15 is 0 Å². The van der Waals surface area contributed by atoms with Gasteiger partial charge in [-0.1, -0.05) is 6.08 Å². The Balaban J connectivity index is 1.42. The maximum atomic E-state index is 13.9. The number of H-pyrrole nitrogens is 2. The van der Waals surface area contributed by atoms with Crippen molar-refractivity contribution < 1.29 is 19.0 Å². The van der Waals surface area contributed by atoms with E-state index in [4.69, 9.17) is 4.74 Å². The number of allylic oxidation sites excluding steroid dienone is 1. The van der Waals surface area contributed by atoms with E-state index in [9.17, 15) is 14.3 Å². The fraction of sp³-hybridized carbons (Fsp3) is 0.375. The Bertz CT molecular complexity index is 1200. The summed E-state index contributed by atoms with van der Waals surface area (Å²) in [5, 5.41) is 14.3. The van der Waals surface area contributed by atoms with Crippen molar-refractivity contribution in [2.45, 2.75) is 19.8 Å². The van der Waals surface area contributed by atoms with Crippen LogP contribution in [-0.2, 0) is 11.2 Å². The van der Waals surface area contributed by atoms with Crippen LogP contribution in [0, 0.1) is 12.7 Å². The standard InChI is InChI=1S/C24H27FN4O3/c1-14-20(23(30)26-7-8-29-9-11-32-12-10-29)16-3-2-4-17(22(16)27-14)21-18-13-15(25)5-6-19(18)28-24(21)31/h4-6,13,27-28,31H,2-3,7-12H2,1H3,(H,26,30). The van der Waals surface area contributed by atoms with Crippen molar-refractivity contribution in [3.05, 3.63) is 58.2 Å². The molecule has 3 heterocycles. The van der Waals surface area contributed by atoms with E-state index in [1.54, 1.807) is 6.07 Å². The average Bonchev–Trinajstić information content (AvgIpc) is 3.29. The maximum Gasteiger partial charge on any atom is 0.253 e. The molecule has 3 aromatic rings. The molecule has 32 heavy (non-hydrogen) atoms. The lowest BCUT2D eigenvalue weighted by atomic mass is 9.89. The minimum atomic E-state index is -0.364. The molecule has 0 unspecified atom stereocenters. The van der Waals surface area contributed by atoms with Crippen LogP contribution in [0.1, 0.15) is 39.3 Å². The lowest BCUT2D eigenvalue weighted by Crippen LogP contribution is -2.41. The number of ether oxygens (including phenoxy) is 1. The molecule has 1 aliphatic heterocycles. The van der Waals surface area contributed by atoms with Crippen LogP contribution in [0.2, 0.25) is 0 Å². The molecule has 0 bridgehead atoms. The van der Waals surface area contributed by atoms with Gasteiger partial charge < -0.3 is 25.1 Å². The second-order valence-electron chi connectivity index (χ2n) is 8.38. The average molecular weight is 439 g/mol. The van der Waals surface area contributed by atoms with Crippen molar-refractivity contribution in [2.24, 2.45) is 0 Å². The minimum Gasteiger partial charge on any atom is -0.494 e. The van der Waals surface area contributed by atoms with Crippen molar-refractivity contribution in [2.75, 3.05) is 39.4 Å². The molecule has 1 aromatic carbocycles. The molecule has 2 aromatic heterocycles. The third-order valence-corrected chi connectivity index (χ3v) is 6.36. The number of nitrogens with zero attached hydrogens (tertiary/aromatic N) is 1. The summed E-state index contributed by atoms with van der Waals surface area (Å²) in [7, 11) is 0. The Morgan fingerprint density at radius 2 is 2.09 bits per heavy atom. The summed E-state index contributed by atoms with van der Waals surface area (Å²) in [6.07, 6.45) is 3.49. The van der Waals surface area contributed by atoms with Crippen molar-refractivity contribution in [1.29, 1.82) is 0 Å². The van der Waals surface area contributed by atoms with Gasteiger partial charge in [0.05, 0.1) is 30.0 Å². The highest BCUT2D eigenvalue weighted by atomic mass is 19.1. The number of amides is 1. The number of halogens is 1. The summed E-state index contributed by atoms with van der Waals surface area (Å²) in [6, 6.07) is 4.40. The van der Waals surface area contributed by atoms with Crippen molar-refractivity contribution >= 4 is 22.4 Å². The molecule has 7 nitrogen and oxygen atoms in total. The topological polar surface area (TPSA) is 93.4 Å². The molecular formula is C24H27FN4O3. The third-order valence-electron chi connectivity index (χ3n) is 6.36. The number of hydrogen-bond donors (Lipinski definition) is 4. The van der Waals surface area contributed by atoms with Crippen LogP contribution >= 0.6 is 0 Å². The summed E-state index contributed by atoms with van der Waals surface area (Å²) >= 11 is 0. The van der Waals surface area contributed by atoms with E-state index in [0.29, 0.717) is 28.6 Å². The van der Waals surface area contributed by atoms with Crippen LogP contribution in [-0.4, -0.2) is 65.3 Å². The SMILES string of the molecule is Cc1[nH]c2c(c1C(=O)NCCN1CCOCC1)CCC=C2c1c(O)[nH]c2ccc(F)cc12. The van der Waals surface area contributed by atoms with Crippen molar-refractivity contribution in [3.63, 3.8) is 0 Å². The van der Waals surface area contributed by atoms with Gasteiger partial charge in [-0.3, -0.25) is 9.69 Å². The number of aryl methyl sites for hydroxylation is 1. The summed E-state index contributed by atoms with van der Waals surface area (Å²) in [5.74, 6) is -0.463. The first-order chi connectivity index (χ1) is 15.5. The number of carbonyl (C=O) groups is 1. The number of aromatic amines is 2. The number of morpholine rings is 1. The van der Waals surface area contributed by atoms with Crippen LogP contribution in [0.5, 0.6) is 5.88 Å². The smallest absolute Gasteiger partial charge is 0.253 e. The summed E-state index contributed by atoms with van der Waals surface area (Å²) < 4.78 is 19.3. The quantitative estimate of drug-likeness (QED) is 0.493. The molecule has 1 amide bonds. The number of fused-ring (bicyclic) bond motifs is 2. The van der Waals surface area contributed by atoms with E-state index in [0.717, 1.165) is 68.2 Å². The molecule has 1 fully saturated rings. The first-order valence-electron chi connectivity index (χ1n) is 11.0. The first-order valence-corrected chi connectivity index (χ1v) is 11.0. The summed E-state index contributed by atoms with van der Waals surface area (Å²) in [6.45, 7) is 6.50. The van der Waals surface area contributed by atoms with Gasteiger partial charge in [0.2, 0.25) is 0 Å². The van der Waals surface area contributed by atoms with Gasteiger partial charge in [0.1, 0.15) is 5.82 Å². The Hall–Kier alpha value is -3.10. The molecule has 0 spiro atoms. The van der Waals surface area contributed by atoms with Crippen LogP contribution in [0.25, 0.3) is 16.5 Å². The molecule has 1 aliphatic carbocycles. The maximum absolute atomic E-state index is 13.9. The summed E-state index contributed by atoms with van der Waals surface area (Å²) in [4.78, 5) is 21.6. The van der Waals surface area contributed by atoms with Gasteiger partial charge >= 0.3 is 0 Å². The Labute approximate surface area is 185 Å². The van der Waals surface area contributed by atoms with Crippen LogP contribution in [0.15, 0.2) is 24.3 Å². The van der Waals surface area contributed by atoms with Crippen LogP contribution in [0.4, 0.5) is 4.39 Å². The van der Waals surface area contributed by atoms with Gasteiger partial charge in [-0.25, -0.2) is 4.39 Å². The van der Waals surface area contributed by atoms with Gasteiger partial charge in [0, 0.05) is 48.3 Å². The zero-order valence-corrected chi connectivity index (χ0v) is 18.1. The zero-order valence-electron chi connectivity index (χ0n) is 18.1. The normalized spacial score (nSPS) is 16.8. The fourth-order valence-corrected chi connectivity index (χ4v) is 4.82. The van der Waals surface area contributed by atoms with E-state index in [1.807, 2.05) is 13.0 Å². The largest absolute Gasteiger partial charge is 0.494 e. The van der Waals surface area contributed by atoms with E-state index in [2.05, 4.69) is 20.2 Å². The van der Waals surface area contributed by atoms with Crippen molar-refractivity contribution in [1.82, 2.24) is 20.2 Å². The van der Waals surface area contributed by atoms with E-state index in [-0.39, 0.29) is 17.6 Å². The lowest BCUT2D eigenvalue weighted by molar-refractivity contribution is 0.0383. The molecule has 0 radical (unpaired) electrons. The highest BCUT2D eigenvalue weighted by molar-refractivity contribution is 6.03. The molecule has 0 saturated carbocycles. The molecule has 1 saturated heterocycles. The van der Waals surface area contributed by atoms with Crippen LogP contribution in [0.3, 0.4) is 0 Å². The van der Waals surface area contributed by atoms with Gasteiger partial charge in [0.25, 0.3) is 5.91 Å². The third kappa shape index (κ3) is 3.69. The Morgan fingerprint density at radius 1 is 1.28 bits per heavy atom. The molecule has 168 valence electrons. The first kappa shape index (κ1) is 20.8. The number of benzene rings is 1. The van der Waals surface area contributed by atoms with E-state index in [1.165, 1.54) is 12.1 Å². The van der Waals surface area contributed by atoms with Crippen molar-refractivity contribution in [3.8, 4) is 5.88 Å². The molecule has 0 atom stereocenters. The second kappa shape index (κ2) is 8.44. The molecule has 4 N–H and O–H groups in total. The lowest BCUT2D eigenvalue weighted by Gasteiger charge is -2.26. The monoisotopic (exact) mass is 438 g/mol. The number of nitrogens with one attached hydrogen (secondary N) is 3. The number of rotatable bonds is 5. The highest BCUT2D eigenvalue weighted by Gasteiger charge is 2.28. The predicted molar refractivity (Wildman–Crippen MR) is 120 cm³/mol.